The van der Waals surface area contributed by atoms with Gasteiger partial charge in [-0.05, 0) is 32.1 Å². The summed E-state index contributed by atoms with van der Waals surface area (Å²) in [5.41, 5.74) is 8.31. The monoisotopic (exact) mass is 256 g/mol. The van der Waals surface area contributed by atoms with Crippen LogP contribution in [0.15, 0.2) is 23.6 Å². The first kappa shape index (κ1) is 11.8. The molecule has 0 amide bonds. The van der Waals surface area contributed by atoms with Gasteiger partial charge in [0, 0.05) is 17.2 Å². The van der Waals surface area contributed by atoms with E-state index in [2.05, 4.69) is 28.4 Å². The van der Waals surface area contributed by atoms with Gasteiger partial charge in [0.1, 0.15) is 6.07 Å². The van der Waals surface area contributed by atoms with Crippen molar-refractivity contribution in [3.8, 4) is 11.9 Å². The van der Waals surface area contributed by atoms with Gasteiger partial charge in [-0.25, -0.2) is 0 Å². The first-order chi connectivity index (χ1) is 9.22. The van der Waals surface area contributed by atoms with Crippen LogP contribution in [0.4, 0.5) is 0 Å². The van der Waals surface area contributed by atoms with E-state index in [4.69, 9.17) is 10.5 Å². The van der Waals surface area contributed by atoms with Crippen molar-refractivity contribution in [2.75, 3.05) is 0 Å². The largest absolute Gasteiger partial charge is 0.420 e. The van der Waals surface area contributed by atoms with E-state index in [1.165, 1.54) is 0 Å². The van der Waals surface area contributed by atoms with E-state index in [1.54, 1.807) is 0 Å². The van der Waals surface area contributed by atoms with Gasteiger partial charge in [-0.3, -0.25) is 5.10 Å². The minimum atomic E-state index is -0.0379. The van der Waals surface area contributed by atoms with Gasteiger partial charge in [0.15, 0.2) is 0 Å². The Morgan fingerprint density at radius 1 is 1.58 bits per heavy atom. The van der Waals surface area contributed by atoms with Gasteiger partial charge in [-0.15, -0.1) is 5.10 Å². The Kier molecular flexibility index (Phi) is 2.79. The van der Waals surface area contributed by atoms with E-state index in [1.807, 2.05) is 6.92 Å². The van der Waals surface area contributed by atoms with Gasteiger partial charge < -0.3 is 10.5 Å². The zero-order valence-electron chi connectivity index (χ0n) is 10.8. The van der Waals surface area contributed by atoms with Gasteiger partial charge in [0.25, 0.3) is 0 Å². The zero-order chi connectivity index (χ0) is 13.4. The highest BCUT2D eigenvalue weighted by Gasteiger charge is 2.37. The molecule has 2 aliphatic rings. The maximum atomic E-state index is 9.39. The van der Waals surface area contributed by atoms with Crippen molar-refractivity contribution in [2.24, 2.45) is 11.7 Å². The molecule has 2 heterocycles. The quantitative estimate of drug-likeness (QED) is 0.754. The highest BCUT2D eigenvalue weighted by atomic mass is 16.5. The second-order valence-corrected chi connectivity index (χ2v) is 5.06. The van der Waals surface area contributed by atoms with E-state index in [9.17, 15) is 5.26 Å². The highest BCUT2D eigenvalue weighted by molar-refractivity contribution is 5.49. The molecule has 2 atom stereocenters. The number of nitrogens with zero attached hydrogens (tertiary/aromatic N) is 2. The molecule has 19 heavy (non-hydrogen) atoms. The van der Waals surface area contributed by atoms with Crippen molar-refractivity contribution in [2.45, 2.75) is 32.1 Å². The third-order valence-corrected chi connectivity index (χ3v) is 3.89. The van der Waals surface area contributed by atoms with Crippen LogP contribution < -0.4 is 10.5 Å². The number of aromatic amines is 1. The maximum absolute atomic E-state index is 9.39. The van der Waals surface area contributed by atoms with Crippen LogP contribution in [-0.4, -0.2) is 10.2 Å². The summed E-state index contributed by atoms with van der Waals surface area (Å²) >= 11 is 0. The van der Waals surface area contributed by atoms with Crippen LogP contribution in [0, 0.1) is 24.2 Å². The average Bonchev–Trinajstić information content (AvgIpc) is 2.79. The summed E-state index contributed by atoms with van der Waals surface area (Å²) in [6, 6.07) is 2.21. The van der Waals surface area contributed by atoms with E-state index < -0.39 is 0 Å². The van der Waals surface area contributed by atoms with Gasteiger partial charge in [-0.1, -0.05) is 12.2 Å². The number of H-pyrrole nitrogens is 1. The Labute approximate surface area is 111 Å². The molecule has 0 aromatic carbocycles. The fourth-order valence-electron chi connectivity index (χ4n) is 2.99. The summed E-state index contributed by atoms with van der Waals surface area (Å²) in [6.07, 6.45) is 7.69. The normalized spacial score (nSPS) is 25.7. The lowest BCUT2D eigenvalue weighted by molar-refractivity contribution is 0.355. The Morgan fingerprint density at radius 2 is 2.42 bits per heavy atom. The fraction of sp³-hybridized carbons (Fsp3) is 0.429. The Hall–Kier alpha value is -2.22. The molecule has 0 fully saturated rings. The summed E-state index contributed by atoms with van der Waals surface area (Å²) in [4.78, 5) is 0. The molecule has 0 bridgehead atoms. The van der Waals surface area contributed by atoms with Crippen molar-refractivity contribution < 1.29 is 4.74 Å². The summed E-state index contributed by atoms with van der Waals surface area (Å²) in [5, 5.41) is 16.4. The number of aromatic nitrogens is 2. The predicted octanol–water partition coefficient (Wildman–Crippen LogP) is 2.24. The fourth-order valence-corrected chi connectivity index (χ4v) is 2.99. The van der Waals surface area contributed by atoms with Crippen LogP contribution in [-0.2, 0) is 0 Å². The first-order valence-corrected chi connectivity index (χ1v) is 6.51. The minimum absolute atomic E-state index is 0.0379. The number of hydrogen-bond donors (Lipinski definition) is 2. The number of rotatable bonds is 1. The second kappa shape index (κ2) is 4.47. The van der Waals surface area contributed by atoms with Gasteiger partial charge in [0.05, 0.1) is 5.57 Å². The molecule has 0 unspecified atom stereocenters. The van der Waals surface area contributed by atoms with E-state index >= 15 is 0 Å². The van der Waals surface area contributed by atoms with Crippen LogP contribution >= 0.6 is 0 Å². The Bertz CT molecular complexity index is 605. The molecule has 5 heteroatoms. The number of hydrogen-bond acceptors (Lipinski definition) is 4. The van der Waals surface area contributed by atoms with Gasteiger partial charge in [-0.2, -0.15) is 5.26 Å². The van der Waals surface area contributed by atoms with E-state index in [0.29, 0.717) is 17.4 Å². The Balaban J connectivity index is 2.12. The smallest absolute Gasteiger partial charge is 0.243 e. The maximum Gasteiger partial charge on any atom is 0.243 e. The number of nitriles is 1. The number of fused-ring (bicyclic) bond motifs is 1. The standard InChI is InChI=1S/C14H16N4O/c1-8-11-12(9-5-3-2-4-6-9)10(7-15)13(16)19-14(11)18-17-8/h3,5,9,12H,2,4,6,16H2,1H3,(H,17,18)/t9-,12-/m0/s1. The lowest BCUT2D eigenvalue weighted by Crippen LogP contribution is -2.25. The Morgan fingerprint density at radius 3 is 3.11 bits per heavy atom. The topological polar surface area (TPSA) is 87.7 Å². The van der Waals surface area contributed by atoms with Crippen molar-refractivity contribution in [1.82, 2.24) is 10.2 Å². The van der Waals surface area contributed by atoms with Crippen molar-refractivity contribution in [3.05, 3.63) is 34.9 Å². The molecule has 0 spiro atoms. The van der Waals surface area contributed by atoms with Crippen LogP contribution in [0.2, 0.25) is 0 Å². The third kappa shape index (κ3) is 1.80. The van der Waals surface area contributed by atoms with E-state index in [0.717, 1.165) is 30.5 Å². The number of nitrogens with two attached hydrogens (primary N) is 1. The number of ether oxygens (including phenoxy) is 1. The van der Waals surface area contributed by atoms with Crippen LogP contribution in [0.25, 0.3) is 0 Å². The average molecular weight is 256 g/mol. The molecule has 3 rings (SSSR count). The summed E-state index contributed by atoms with van der Waals surface area (Å²) in [5.74, 6) is 0.952. The summed E-state index contributed by atoms with van der Waals surface area (Å²) in [7, 11) is 0. The SMILES string of the molecule is Cc1[nH]nc2c1[C@@H]([C@H]1C=CCCC1)C(C#N)=C(N)O2. The van der Waals surface area contributed by atoms with Crippen LogP contribution in [0.1, 0.15) is 36.4 Å². The molecule has 0 saturated heterocycles. The molecule has 0 radical (unpaired) electrons. The summed E-state index contributed by atoms with van der Waals surface area (Å²) in [6.45, 7) is 1.95. The molecular weight excluding hydrogens is 240 g/mol. The first-order valence-electron chi connectivity index (χ1n) is 6.51. The zero-order valence-corrected chi connectivity index (χ0v) is 10.8. The van der Waals surface area contributed by atoms with Crippen LogP contribution in [0.5, 0.6) is 5.88 Å². The predicted molar refractivity (Wildman–Crippen MR) is 70.0 cm³/mol. The van der Waals surface area contributed by atoms with Crippen molar-refractivity contribution >= 4 is 0 Å². The van der Waals surface area contributed by atoms with Gasteiger partial charge in [0.2, 0.25) is 11.8 Å². The molecule has 1 aliphatic carbocycles. The second-order valence-electron chi connectivity index (χ2n) is 5.06. The number of allylic oxidation sites excluding steroid dienone is 3. The number of nitrogens with one attached hydrogen (secondary N) is 1. The van der Waals surface area contributed by atoms with Gasteiger partial charge >= 0.3 is 0 Å². The van der Waals surface area contributed by atoms with Crippen molar-refractivity contribution in [3.63, 3.8) is 0 Å². The van der Waals surface area contributed by atoms with E-state index in [-0.39, 0.29) is 11.8 Å². The summed E-state index contributed by atoms with van der Waals surface area (Å²) < 4.78 is 5.45. The lowest BCUT2D eigenvalue weighted by Gasteiger charge is -2.30. The highest BCUT2D eigenvalue weighted by Crippen LogP contribution is 2.45. The third-order valence-electron chi connectivity index (χ3n) is 3.89. The molecule has 0 saturated carbocycles. The minimum Gasteiger partial charge on any atom is -0.420 e. The molecule has 98 valence electrons. The van der Waals surface area contributed by atoms with Crippen LogP contribution in [0.3, 0.4) is 0 Å². The molecule has 1 aromatic heterocycles. The molecule has 3 N–H and O–H groups in total. The number of aryl methyl sites for hydroxylation is 1. The molecule has 5 nitrogen and oxygen atoms in total. The lowest BCUT2D eigenvalue weighted by atomic mass is 9.76. The molecular formula is C14H16N4O. The van der Waals surface area contributed by atoms with Crippen molar-refractivity contribution in [1.29, 1.82) is 5.26 Å². The molecule has 1 aromatic rings. The molecule has 1 aliphatic heterocycles.